The van der Waals surface area contributed by atoms with Crippen molar-refractivity contribution in [3.05, 3.63) is 0 Å². The van der Waals surface area contributed by atoms with Crippen LogP contribution in [0.5, 0.6) is 0 Å². The highest BCUT2D eigenvalue weighted by Gasteiger charge is 2.67. The molecule has 7 N–H and O–H groups in total. The molecule has 130 valence electrons. The first-order chi connectivity index (χ1) is 9.88. The number of hydrogen-bond acceptors (Lipinski definition) is 5. The number of nitrogens with two attached hydrogens (primary N) is 2. The van der Waals surface area contributed by atoms with Gasteiger partial charge >= 0.3 is 13.6 Å². The fourth-order valence-corrected chi connectivity index (χ4v) is 6.10. The van der Waals surface area contributed by atoms with Crippen molar-refractivity contribution in [1.82, 2.24) is 0 Å². The van der Waals surface area contributed by atoms with E-state index in [1.54, 1.807) is 6.26 Å². The molecule has 0 amide bonds. The molecule has 0 bridgehead atoms. The van der Waals surface area contributed by atoms with Crippen LogP contribution in [-0.2, 0) is 9.36 Å². The number of thioether (sulfide) groups is 1. The molecule has 0 unspecified atom stereocenters. The summed E-state index contributed by atoms with van der Waals surface area (Å²) in [7, 11) is -5.12. The number of rotatable bonds is 7. The highest BCUT2D eigenvalue weighted by molar-refractivity contribution is 7.98. The quantitative estimate of drug-likeness (QED) is 0.426. The van der Waals surface area contributed by atoms with Crippen molar-refractivity contribution in [2.75, 3.05) is 18.6 Å². The number of carboxylic acid groups (broad SMARTS) is 1. The monoisotopic (exact) mass is 354 g/mol. The van der Waals surface area contributed by atoms with Crippen LogP contribution in [0.15, 0.2) is 0 Å². The Kier molecular flexibility index (Phi) is 5.81. The van der Waals surface area contributed by atoms with Gasteiger partial charge in [0.15, 0.2) is 0 Å². The van der Waals surface area contributed by atoms with E-state index in [0.29, 0.717) is 12.8 Å². The maximum Gasteiger partial charge on any atom is 0.357 e. The maximum atomic E-state index is 12.0. The molecule has 1 fully saturated rings. The minimum atomic E-state index is -5.12. The fraction of sp³-hybridized carbons (Fsp3) is 0.923. The van der Waals surface area contributed by atoms with Gasteiger partial charge in [-0.05, 0) is 36.9 Å². The van der Waals surface area contributed by atoms with E-state index in [1.165, 1.54) is 11.8 Å². The summed E-state index contributed by atoms with van der Waals surface area (Å²) in [4.78, 5) is 31.2. The van der Waals surface area contributed by atoms with E-state index in [0.717, 1.165) is 6.42 Å². The van der Waals surface area contributed by atoms with Gasteiger partial charge in [-0.3, -0.25) is 4.57 Å². The SMILES string of the molecule is CSC[C@@](CN)([C@@H]1CCC(C)(C)C1)[C@](N)(C(=O)O)P(=O)(O)O. The third-order valence-electron chi connectivity index (χ3n) is 5.06. The van der Waals surface area contributed by atoms with E-state index in [-0.39, 0.29) is 23.6 Å². The van der Waals surface area contributed by atoms with E-state index < -0.39 is 24.3 Å². The second-order valence-electron chi connectivity index (χ2n) is 7.01. The molecule has 1 aliphatic carbocycles. The molecule has 0 radical (unpaired) electrons. The van der Waals surface area contributed by atoms with Gasteiger partial charge in [-0.15, -0.1) is 0 Å². The molecule has 0 aromatic carbocycles. The summed E-state index contributed by atoms with van der Waals surface area (Å²) in [6, 6.07) is 0. The first-order valence-corrected chi connectivity index (χ1v) is 10.2. The molecule has 1 saturated carbocycles. The van der Waals surface area contributed by atoms with Gasteiger partial charge < -0.3 is 26.4 Å². The number of carboxylic acids is 1. The zero-order valence-corrected chi connectivity index (χ0v) is 15.0. The van der Waals surface area contributed by atoms with Crippen molar-refractivity contribution in [1.29, 1.82) is 0 Å². The van der Waals surface area contributed by atoms with Crippen molar-refractivity contribution < 1.29 is 24.3 Å². The average Bonchev–Trinajstić information content (AvgIpc) is 2.74. The Balaban J connectivity index is 3.50. The molecule has 0 saturated heterocycles. The minimum absolute atomic E-state index is 0.0161. The van der Waals surface area contributed by atoms with Gasteiger partial charge in [0.25, 0.3) is 0 Å². The summed E-state index contributed by atoms with van der Waals surface area (Å²) in [5.41, 5.74) is 10.4. The lowest BCUT2D eigenvalue weighted by atomic mass is 9.68. The number of aliphatic carboxylic acids is 1. The summed E-state index contributed by atoms with van der Waals surface area (Å²) in [6.45, 7) is 3.94. The van der Waals surface area contributed by atoms with E-state index in [2.05, 4.69) is 13.8 Å². The summed E-state index contributed by atoms with van der Waals surface area (Å²) < 4.78 is 12.0. The first kappa shape index (κ1) is 19.9. The lowest BCUT2D eigenvalue weighted by Crippen LogP contribution is -2.67. The molecule has 0 aliphatic heterocycles. The van der Waals surface area contributed by atoms with Crippen molar-refractivity contribution in [3.8, 4) is 0 Å². The van der Waals surface area contributed by atoms with Gasteiger partial charge in [-0.1, -0.05) is 13.8 Å². The first-order valence-electron chi connectivity index (χ1n) is 7.15. The van der Waals surface area contributed by atoms with Crippen LogP contribution in [0, 0.1) is 16.7 Å². The minimum Gasteiger partial charge on any atom is -0.479 e. The number of carbonyl (C=O) groups is 1. The van der Waals surface area contributed by atoms with Crippen molar-refractivity contribution in [2.45, 2.75) is 38.4 Å². The highest BCUT2D eigenvalue weighted by Crippen LogP contribution is 2.63. The van der Waals surface area contributed by atoms with Gasteiger partial charge in [-0.2, -0.15) is 11.8 Å². The molecule has 7 nitrogen and oxygen atoms in total. The highest BCUT2D eigenvalue weighted by atomic mass is 32.2. The Morgan fingerprint density at radius 3 is 2.27 bits per heavy atom. The molecular formula is C13H27N2O5PS. The fourth-order valence-electron chi connectivity index (χ4n) is 3.71. The van der Waals surface area contributed by atoms with Gasteiger partial charge in [0.05, 0.1) is 0 Å². The second-order valence-corrected chi connectivity index (χ2v) is 9.67. The Morgan fingerprint density at radius 2 is 2.00 bits per heavy atom. The van der Waals surface area contributed by atoms with Gasteiger partial charge in [0, 0.05) is 17.7 Å². The molecule has 1 rings (SSSR count). The zero-order valence-electron chi connectivity index (χ0n) is 13.3. The Labute approximate surface area is 135 Å². The molecule has 9 heteroatoms. The Bertz CT molecular complexity index is 483. The van der Waals surface area contributed by atoms with Crippen LogP contribution in [0.1, 0.15) is 33.1 Å². The lowest BCUT2D eigenvalue weighted by molar-refractivity contribution is -0.146. The molecule has 0 heterocycles. The van der Waals surface area contributed by atoms with E-state index in [4.69, 9.17) is 11.5 Å². The van der Waals surface area contributed by atoms with E-state index in [1.807, 2.05) is 0 Å². The Morgan fingerprint density at radius 1 is 1.45 bits per heavy atom. The van der Waals surface area contributed by atoms with Crippen LogP contribution in [0.25, 0.3) is 0 Å². The Hall–Kier alpha value is -0.110. The predicted molar refractivity (Wildman–Crippen MR) is 87.6 cm³/mol. The zero-order chi connectivity index (χ0) is 17.4. The normalized spacial score (nSPS) is 27.1. The third-order valence-corrected chi connectivity index (χ3v) is 7.42. The average molecular weight is 354 g/mol. The van der Waals surface area contributed by atoms with Crippen LogP contribution in [0.2, 0.25) is 0 Å². The molecule has 0 aromatic rings. The topological polar surface area (TPSA) is 147 Å². The summed E-state index contributed by atoms with van der Waals surface area (Å²) in [5.74, 6) is -1.74. The third kappa shape index (κ3) is 3.09. The molecule has 0 aromatic heterocycles. The largest absolute Gasteiger partial charge is 0.479 e. The summed E-state index contributed by atoms with van der Waals surface area (Å²) in [5, 5.41) is 6.89. The van der Waals surface area contributed by atoms with Crippen LogP contribution < -0.4 is 11.5 Å². The molecule has 0 spiro atoms. The molecule has 22 heavy (non-hydrogen) atoms. The van der Waals surface area contributed by atoms with Crippen LogP contribution in [-0.4, -0.2) is 44.7 Å². The summed E-state index contributed by atoms with van der Waals surface area (Å²) in [6.07, 6.45) is 3.92. The van der Waals surface area contributed by atoms with Crippen molar-refractivity contribution in [2.24, 2.45) is 28.2 Å². The summed E-state index contributed by atoms with van der Waals surface area (Å²) >= 11 is 1.31. The van der Waals surface area contributed by atoms with Crippen LogP contribution in [0.4, 0.5) is 0 Å². The predicted octanol–water partition coefficient (Wildman–Crippen LogP) is 1.04. The smallest absolute Gasteiger partial charge is 0.357 e. The van der Waals surface area contributed by atoms with Crippen LogP contribution in [0.3, 0.4) is 0 Å². The van der Waals surface area contributed by atoms with Gasteiger partial charge in [0.2, 0.25) is 5.28 Å². The van der Waals surface area contributed by atoms with E-state index >= 15 is 0 Å². The van der Waals surface area contributed by atoms with Gasteiger partial charge in [-0.25, -0.2) is 4.79 Å². The molecular weight excluding hydrogens is 327 g/mol. The van der Waals surface area contributed by atoms with Crippen molar-refractivity contribution in [3.63, 3.8) is 0 Å². The maximum absolute atomic E-state index is 12.0. The standard InChI is InChI=1S/C13H27N2O5PS/c1-11(2)5-4-9(6-11)12(7-14,8-22-3)13(15,10(16)17)21(18,19)20/h9H,4-8,14-15H2,1-3H3,(H,16,17)(H2,18,19,20)/t9-,12+,13+/m1/s1. The van der Waals surface area contributed by atoms with Crippen LogP contribution >= 0.6 is 19.4 Å². The van der Waals surface area contributed by atoms with Crippen molar-refractivity contribution >= 4 is 25.3 Å². The molecule has 3 atom stereocenters. The lowest BCUT2D eigenvalue weighted by Gasteiger charge is -2.48. The number of hydrogen-bond donors (Lipinski definition) is 5. The van der Waals surface area contributed by atoms with Gasteiger partial charge in [0.1, 0.15) is 0 Å². The second kappa shape index (κ2) is 6.42. The van der Waals surface area contributed by atoms with E-state index in [9.17, 15) is 24.3 Å². The molecule has 1 aliphatic rings.